The molecular weight excluding hydrogens is 172 g/mol. The smallest absolute Gasteiger partial charge is 0.0721 e. The van der Waals surface area contributed by atoms with E-state index >= 15 is 0 Å². The Morgan fingerprint density at radius 1 is 1.29 bits per heavy atom. The zero-order valence-electron chi connectivity index (χ0n) is 8.57. The summed E-state index contributed by atoms with van der Waals surface area (Å²) in [7, 11) is 0. The fraction of sp³-hybridized carbons (Fsp3) is 0.385. The van der Waals surface area contributed by atoms with E-state index in [2.05, 4.69) is 43.3 Å². The number of benzene rings is 1. The zero-order chi connectivity index (χ0) is 9.80. The van der Waals surface area contributed by atoms with Crippen LogP contribution in [0.4, 0.5) is 0 Å². The number of hydrogen-bond donors (Lipinski definition) is 0. The Morgan fingerprint density at radius 2 is 2.07 bits per heavy atom. The van der Waals surface area contributed by atoms with E-state index in [9.17, 15) is 0 Å². The van der Waals surface area contributed by atoms with Gasteiger partial charge < -0.3 is 4.74 Å². The van der Waals surface area contributed by atoms with Crippen LogP contribution in [-0.2, 0) is 11.3 Å². The van der Waals surface area contributed by atoms with Crippen molar-refractivity contribution in [1.29, 1.82) is 0 Å². The first-order valence-electron chi connectivity index (χ1n) is 5.17. The molecule has 0 spiro atoms. The Morgan fingerprint density at radius 3 is 2.79 bits per heavy atom. The van der Waals surface area contributed by atoms with Crippen molar-refractivity contribution < 1.29 is 4.74 Å². The second-order valence-electron chi connectivity index (χ2n) is 3.86. The predicted molar refractivity (Wildman–Crippen MR) is 58.1 cm³/mol. The molecule has 0 fully saturated rings. The van der Waals surface area contributed by atoms with Gasteiger partial charge in [0.05, 0.1) is 12.7 Å². The quantitative estimate of drug-likeness (QED) is 0.662. The summed E-state index contributed by atoms with van der Waals surface area (Å²) < 4.78 is 5.78. The van der Waals surface area contributed by atoms with Crippen LogP contribution < -0.4 is 0 Å². The minimum Gasteiger partial charge on any atom is -0.373 e. The molecule has 0 aliphatic heterocycles. The molecule has 74 valence electrons. The van der Waals surface area contributed by atoms with Crippen LogP contribution in [0.5, 0.6) is 0 Å². The lowest BCUT2D eigenvalue weighted by atomic mass is 10.1. The van der Waals surface area contributed by atoms with E-state index in [0.717, 1.165) is 19.4 Å². The van der Waals surface area contributed by atoms with E-state index in [1.54, 1.807) is 0 Å². The monoisotopic (exact) mass is 188 g/mol. The van der Waals surface area contributed by atoms with Gasteiger partial charge in [-0.15, -0.1) is 0 Å². The van der Waals surface area contributed by atoms with Gasteiger partial charge >= 0.3 is 0 Å². The predicted octanol–water partition coefficient (Wildman–Crippen LogP) is 3.23. The van der Waals surface area contributed by atoms with Crippen molar-refractivity contribution in [3.05, 3.63) is 47.5 Å². The van der Waals surface area contributed by atoms with Gasteiger partial charge in [0.2, 0.25) is 0 Å². The maximum atomic E-state index is 5.78. The van der Waals surface area contributed by atoms with Gasteiger partial charge in [-0.1, -0.05) is 42.0 Å². The number of hydrogen-bond acceptors (Lipinski definition) is 1. The van der Waals surface area contributed by atoms with Crippen LogP contribution in [0.2, 0.25) is 0 Å². The molecule has 1 aliphatic rings. The molecule has 1 nitrogen and oxygen atoms in total. The molecule has 0 N–H and O–H groups in total. The standard InChI is InChI=1S/C13H16O/c1-11-5-4-6-12(9-11)10-14-13-7-2-3-8-13/h2-6,9,13H,7-8,10H2,1H3. The van der Waals surface area contributed by atoms with Crippen LogP contribution in [-0.4, -0.2) is 6.10 Å². The third-order valence-corrected chi connectivity index (χ3v) is 2.53. The molecule has 14 heavy (non-hydrogen) atoms. The average molecular weight is 188 g/mol. The largest absolute Gasteiger partial charge is 0.373 e. The van der Waals surface area contributed by atoms with Crippen molar-refractivity contribution in [2.24, 2.45) is 0 Å². The zero-order valence-corrected chi connectivity index (χ0v) is 8.57. The van der Waals surface area contributed by atoms with Gasteiger partial charge in [-0.25, -0.2) is 0 Å². The lowest BCUT2D eigenvalue weighted by molar-refractivity contribution is 0.0495. The van der Waals surface area contributed by atoms with Crippen molar-refractivity contribution >= 4 is 0 Å². The van der Waals surface area contributed by atoms with Crippen LogP contribution >= 0.6 is 0 Å². The van der Waals surface area contributed by atoms with Crippen molar-refractivity contribution in [2.75, 3.05) is 0 Å². The molecule has 0 atom stereocenters. The third kappa shape index (κ3) is 2.46. The summed E-state index contributed by atoms with van der Waals surface area (Å²) in [5.41, 5.74) is 2.58. The molecule has 0 heterocycles. The van der Waals surface area contributed by atoms with E-state index in [1.165, 1.54) is 11.1 Å². The summed E-state index contributed by atoms with van der Waals surface area (Å²) >= 11 is 0. The summed E-state index contributed by atoms with van der Waals surface area (Å²) in [4.78, 5) is 0. The van der Waals surface area contributed by atoms with Crippen molar-refractivity contribution in [3.63, 3.8) is 0 Å². The van der Waals surface area contributed by atoms with Gasteiger partial charge in [0.15, 0.2) is 0 Å². The molecule has 1 heteroatoms. The topological polar surface area (TPSA) is 9.23 Å². The molecule has 1 aromatic carbocycles. The number of aryl methyl sites for hydroxylation is 1. The molecule has 1 aromatic rings. The molecule has 2 rings (SSSR count). The maximum Gasteiger partial charge on any atom is 0.0721 e. The van der Waals surface area contributed by atoms with Crippen LogP contribution in [0, 0.1) is 6.92 Å². The Labute approximate surface area is 85.4 Å². The Balaban J connectivity index is 1.85. The first-order valence-corrected chi connectivity index (χ1v) is 5.17. The van der Waals surface area contributed by atoms with E-state index in [-0.39, 0.29) is 0 Å². The highest BCUT2D eigenvalue weighted by molar-refractivity contribution is 5.21. The van der Waals surface area contributed by atoms with Crippen LogP contribution in [0.1, 0.15) is 24.0 Å². The molecule has 1 aliphatic carbocycles. The van der Waals surface area contributed by atoms with Gasteiger partial charge in [0.25, 0.3) is 0 Å². The molecule has 0 amide bonds. The summed E-state index contributed by atoms with van der Waals surface area (Å²) in [5.74, 6) is 0. The van der Waals surface area contributed by atoms with Gasteiger partial charge in [-0.2, -0.15) is 0 Å². The summed E-state index contributed by atoms with van der Waals surface area (Å²) in [6.07, 6.45) is 6.95. The summed E-state index contributed by atoms with van der Waals surface area (Å²) in [6, 6.07) is 8.50. The van der Waals surface area contributed by atoms with Crippen molar-refractivity contribution in [3.8, 4) is 0 Å². The number of ether oxygens (including phenoxy) is 1. The molecule has 0 bridgehead atoms. The maximum absolute atomic E-state index is 5.78. The van der Waals surface area contributed by atoms with Gasteiger partial charge in [-0.3, -0.25) is 0 Å². The fourth-order valence-electron chi connectivity index (χ4n) is 1.74. The van der Waals surface area contributed by atoms with Gasteiger partial charge in [0.1, 0.15) is 0 Å². The Hall–Kier alpha value is -1.08. The van der Waals surface area contributed by atoms with E-state index in [4.69, 9.17) is 4.74 Å². The molecule has 0 aromatic heterocycles. The molecule has 0 radical (unpaired) electrons. The highest BCUT2D eigenvalue weighted by Crippen LogP contribution is 2.15. The van der Waals surface area contributed by atoms with Crippen LogP contribution in [0.15, 0.2) is 36.4 Å². The highest BCUT2D eigenvalue weighted by atomic mass is 16.5. The first-order chi connectivity index (χ1) is 6.84. The second kappa shape index (κ2) is 4.43. The first kappa shape index (κ1) is 9.47. The van der Waals surface area contributed by atoms with Gasteiger partial charge in [0, 0.05) is 0 Å². The van der Waals surface area contributed by atoms with Crippen molar-refractivity contribution in [2.45, 2.75) is 32.5 Å². The van der Waals surface area contributed by atoms with Crippen molar-refractivity contribution in [1.82, 2.24) is 0 Å². The lowest BCUT2D eigenvalue weighted by Gasteiger charge is -2.11. The second-order valence-corrected chi connectivity index (χ2v) is 3.86. The van der Waals surface area contributed by atoms with E-state index in [1.807, 2.05) is 0 Å². The Kier molecular flexibility index (Phi) is 3.00. The third-order valence-electron chi connectivity index (χ3n) is 2.53. The highest BCUT2D eigenvalue weighted by Gasteiger charge is 2.09. The fourth-order valence-corrected chi connectivity index (χ4v) is 1.74. The lowest BCUT2D eigenvalue weighted by Crippen LogP contribution is -2.07. The molecule has 0 saturated heterocycles. The molecule has 0 unspecified atom stereocenters. The minimum atomic E-state index is 0.413. The Bertz CT molecular complexity index is 320. The van der Waals surface area contributed by atoms with Crippen LogP contribution in [0.3, 0.4) is 0 Å². The number of rotatable bonds is 3. The van der Waals surface area contributed by atoms with E-state index < -0.39 is 0 Å². The molecule has 0 saturated carbocycles. The average Bonchev–Trinajstić information content (AvgIpc) is 2.67. The SMILES string of the molecule is Cc1cccc(COC2CC=CC2)c1. The summed E-state index contributed by atoms with van der Waals surface area (Å²) in [5, 5.41) is 0. The normalized spacial score (nSPS) is 16.4. The summed E-state index contributed by atoms with van der Waals surface area (Å²) in [6.45, 7) is 2.86. The van der Waals surface area contributed by atoms with E-state index in [0.29, 0.717) is 6.10 Å². The van der Waals surface area contributed by atoms with Gasteiger partial charge in [-0.05, 0) is 25.3 Å². The minimum absolute atomic E-state index is 0.413. The molecular formula is C13H16O. The van der Waals surface area contributed by atoms with Crippen LogP contribution in [0.25, 0.3) is 0 Å².